The molecule has 0 radical (unpaired) electrons. The molecular weight excluding hydrogens is 332 g/mol. The number of hydrazone groups is 1. The molecule has 2 rings (SSSR count). The molecule has 1 heterocycles. The molecule has 1 aromatic heterocycles. The largest absolute Gasteiger partial charge is 0.326 e. The zero-order valence-electron chi connectivity index (χ0n) is 12.7. The maximum Gasteiger partial charge on any atom is 0.324 e. The van der Waals surface area contributed by atoms with Crippen molar-refractivity contribution < 1.29 is 14.5 Å². The highest BCUT2D eigenvalue weighted by Gasteiger charge is 2.09. The van der Waals surface area contributed by atoms with Gasteiger partial charge in [0.25, 0.3) is 5.91 Å². The van der Waals surface area contributed by atoms with Crippen LogP contribution in [0.25, 0.3) is 0 Å². The van der Waals surface area contributed by atoms with Gasteiger partial charge in [0.15, 0.2) is 0 Å². The fraction of sp³-hybridized carbons (Fsp3) is 0.133. The maximum absolute atomic E-state index is 12.0. The Balaban J connectivity index is 1.98. The number of carbonyl (C=O) groups excluding carboxylic acids is 2. The predicted molar refractivity (Wildman–Crippen MR) is 91.4 cm³/mol. The highest BCUT2D eigenvalue weighted by atomic mass is 32.1. The fourth-order valence-corrected chi connectivity index (χ4v) is 2.40. The van der Waals surface area contributed by atoms with Crippen molar-refractivity contribution in [1.29, 1.82) is 0 Å². The summed E-state index contributed by atoms with van der Waals surface area (Å²) in [5, 5.41) is 18.6. The number of hydrogen-bond acceptors (Lipinski definition) is 6. The van der Waals surface area contributed by atoms with Crippen LogP contribution in [-0.4, -0.2) is 23.0 Å². The number of anilines is 1. The van der Waals surface area contributed by atoms with Gasteiger partial charge in [-0.2, -0.15) is 5.10 Å². The van der Waals surface area contributed by atoms with Gasteiger partial charge < -0.3 is 5.32 Å². The quantitative estimate of drug-likeness (QED) is 0.475. The summed E-state index contributed by atoms with van der Waals surface area (Å²) in [6.07, 6.45) is 1.66. The minimum absolute atomic E-state index is 0.00198. The van der Waals surface area contributed by atoms with E-state index in [1.807, 2.05) is 0 Å². The number of rotatable bonds is 6. The Morgan fingerprint density at radius 1 is 1.38 bits per heavy atom. The molecule has 2 N–H and O–H groups in total. The normalized spacial score (nSPS) is 10.5. The molecule has 0 fully saturated rings. The van der Waals surface area contributed by atoms with Crippen molar-refractivity contribution in [2.75, 3.05) is 5.32 Å². The second-order valence-corrected chi connectivity index (χ2v) is 5.55. The first-order valence-corrected chi connectivity index (χ1v) is 7.84. The topological polar surface area (TPSA) is 114 Å². The Hall–Kier alpha value is -3.07. The lowest BCUT2D eigenvalue weighted by Gasteiger charge is -2.05. The Morgan fingerprint density at radius 2 is 2.17 bits per heavy atom. The molecule has 24 heavy (non-hydrogen) atoms. The van der Waals surface area contributed by atoms with Gasteiger partial charge in [0.05, 0.1) is 11.1 Å². The molecular formula is C15H14N4O4S. The van der Waals surface area contributed by atoms with Crippen molar-refractivity contribution in [2.24, 2.45) is 5.10 Å². The second kappa shape index (κ2) is 7.97. The van der Waals surface area contributed by atoms with Crippen LogP contribution in [0.2, 0.25) is 0 Å². The summed E-state index contributed by atoms with van der Waals surface area (Å²) < 4.78 is 0. The van der Waals surface area contributed by atoms with Crippen LogP contribution in [0.15, 0.2) is 40.8 Å². The van der Waals surface area contributed by atoms with Gasteiger partial charge in [0, 0.05) is 34.7 Å². The monoisotopic (exact) mass is 346 g/mol. The van der Waals surface area contributed by atoms with E-state index in [1.54, 1.807) is 30.5 Å². The smallest absolute Gasteiger partial charge is 0.324 e. The molecule has 0 aliphatic rings. The molecule has 0 aliphatic heterocycles. The molecule has 8 nitrogen and oxygen atoms in total. The number of nitro groups is 1. The highest BCUT2D eigenvalue weighted by molar-refractivity contribution is 7.13. The summed E-state index contributed by atoms with van der Waals surface area (Å²) in [5.74, 6) is -0.604. The van der Waals surface area contributed by atoms with Gasteiger partial charge in [-0.15, -0.1) is 0 Å². The first-order valence-electron chi connectivity index (χ1n) is 6.96. The molecule has 0 saturated heterocycles. The van der Waals surface area contributed by atoms with E-state index in [9.17, 15) is 19.7 Å². The molecule has 2 amide bonds. The lowest BCUT2D eigenvalue weighted by Crippen LogP contribution is -2.18. The van der Waals surface area contributed by atoms with Gasteiger partial charge in [-0.1, -0.05) is 24.3 Å². The van der Waals surface area contributed by atoms with Gasteiger partial charge in [0.2, 0.25) is 5.91 Å². The number of thiophene rings is 1. The van der Waals surface area contributed by atoms with E-state index in [0.29, 0.717) is 23.2 Å². The van der Waals surface area contributed by atoms with Crippen molar-refractivity contribution in [1.82, 2.24) is 5.43 Å². The van der Waals surface area contributed by atoms with E-state index in [1.165, 1.54) is 18.3 Å². The van der Waals surface area contributed by atoms with Crippen LogP contribution in [0.5, 0.6) is 0 Å². The molecule has 9 heteroatoms. The van der Waals surface area contributed by atoms with Gasteiger partial charge in [0.1, 0.15) is 0 Å². The summed E-state index contributed by atoms with van der Waals surface area (Å²) in [7, 11) is 0. The highest BCUT2D eigenvalue weighted by Crippen LogP contribution is 2.21. The Labute approximate surface area is 141 Å². The maximum atomic E-state index is 12.0. The summed E-state index contributed by atoms with van der Waals surface area (Å²) >= 11 is 0.979. The number of amides is 2. The van der Waals surface area contributed by atoms with Gasteiger partial charge in [-0.25, -0.2) is 5.43 Å². The van der Waals surface area contributed by atoms with Crippen molar-refractivity contribution in [3.8, 4) is 0 Å². The fourth-order valence-electron chi connectivity index (χ4n) is 1.72. The summed E-state index contributed by atoms with van der Waals surface area (Å²) in [4.78, 5) is 33.5. The molecule has 124 valence electrons. The van der Waals surface area contributed by atoms with Crippen LogP contribution >= 0.6 is 11.3 Å². The standard InChI is InChI=1S/C15H14N4O4S/c1-2-13(20)17-12-5-3-4-11(7-12)15(21)18-16-8-10-6-14(19(22)23)24-9-10/h3-9H,2H2,1H3,(H,17,20)(H,18,21). The molecule has 0 saturated carbocycles. The van der Waals surface area contributed by atoms with Crippen molar-refractivity contribution in [3.05, 3.63) is 57.0 Å². The number of nitrogens with one attached hydrogen (secondary N) is 2. The summed E-state index contributed by atoms with van der Waals surface area (Å²) in [6.45, 7) is 1.73. The Morgan fingerprint density at radius 3 is 2.83 bits per heavy atom. The van der Waals surface area contributed by atoms with E-state index in [2.05, 4.69) is 15.8 Å². The Bertz CT molecular complexity index is 800. The second-order valence-electron chi connectivity index (χ2n) is 4.66. The van der Waals surface area contributed by atoms with Crippen LogP contribution in [0.4, 0.5) is 10.7 Å². The van der Waals surface area contributed by atoms with Crippen LogP contribution in [0.1, 0.15) is 29.3 Å². The Kier molecular flexibility index (Phi) is 5.74. The summed E-state index contributed by atoms with van der Waals surface area (Å²) in [6, 6.07) is 7.81. The van der Waals surface area contributed by atoms with Crippen LogP contribution in [0.3, 0.4) is 0 Å². The van der Waals surface area contributed by atoms with E-state index < -0.39 is 10.8 Å². The average molecular weight is 346 g/mol. The minimum atomic E-state index is -0.489. The molecule has 0 atom stereocenters. The van der Waals surface area contributed by atoms with Crippen LogP contribution in [0, 0.1) is 10.1 Å². The molecule has 2 aromatic rings. The minimum Gasteiger partial charge on any atom is -0.326 e. The third-order valence-corrected chi connectivity index (χ3v) is 3.79. The molecule has 1 aromatic carbocycles. The first kappa shape index (κ1) is 17.3. The molecule has 0 aliphatic carbocycles. The lowest BCUT2D eigenvalue weighted by molar-refractivity contribution is -0.380. The van der Waals surface area contributed by atoms with Crippen molar-refractivity contribution >= 4 is 40.1 Å². The van der Waals surface area contributed by atoms with E-state index in [0.717, 1.165) is 11.3 Å². The van der Waals surface area contributed by atoms with E-state index >= 15 is 0 Å². The average Bonchev–Trinajstić information content (AvgIpc) is 3.04. The number of nitrogens with zero attached hydrogens (tertiary/aromatic N) is 2. The van der Waals surface area contributed by atoms with E-state index in [4.69, 9.17) is 0 Å². The molecule has 0 bridgehead atoms. The third kappa shape index (κ3) is 4.71. The molecule has 0 unspecified atom stereocenters. The van der Waals surface area contributed by atoms with Crippen LogP contribution < -0.4 is 10.7 Å². The van der Waals surface area contributed by atoms with Crippen molar-refractivity contribution in [3.63, 3.8) is 0 Å². The summed E-state index contributed by atoms with van der Waals surface area (Å²) in [5.41, 5.74) is 3.71. The van der Waals surface area contributed by atoms with Crippen LogP contribution in [-0.2, 0) is 4.79 Å². The van der Waals surface area contributed by atoms with E-state index in [-0.39, 0.29) is 10.9 Å². The zero-order chi connectivity index (χ0) is 17.5. The third-order valence-electron chi connectivity index (χ3n) is 2.90. The molecule has 0 spiro atoms. The van der Waals surface area contributed by atoms with Gasteiger partial charge in [-0.3, -0.25) is 19.7 Å². The number of hydrogen-bond donors (Lipinski definition) is 2. The lowest BCUT2D eigenvalue weighted by atomic mass is 10.2. The number of carbonyl (C=O) groups is 2. The SMILES string of the molecule is CCC(=O)Nc1cccc(C(=O)NN=Cc2csc([N+](=O)[O-])c2)c1. The zero-order valence-corrected chi connectivity index (χ0v) is 13.5. The predicted octanol–water partition coefficient (Wildman–Crippen LogP) is 2.77. The van der Waals surface area contributed by atoms with Crippen molar-refractivity contribution in [2.45, 2.75) is 13.3 Å². The van der Waals surface area contributed by atoms with Gasteiger partial charge >= 0.3 is 5.00 Å². The van der Waals surface area contributed by atoms with Gasteiger partial charge in [-0.05, 0) is 18.2 Å². The first-order chi connectivity index (χ1) is 11.5. The number of benzene rings is 1.